The van der Waals surface area contributed by atoms with Crippen LogP contribution in [0.2, 0.25) is 5.02 Å². The van der Waals surface area contributed by atoms with Gasteiger partial charge in [-0.05, 0) is 36.8 Å². The molecule has 2 aromatic rings. The number of hydrogen-bond acceptors (Lipinski definition) is 3. The van der Waals surface area contributed by atoms with Gasteiger partial charge in [-0.3, -0.25) is 4.79 Å². The van der Waals surface area contributed by atoms with Gasteiger partial charge in [0.25, 0.3) is 5.91 Å². The first-order valence-corrected chi connectivity index (χ1v) is 6.41. The highest BCUT2D eigenvalue weighted by atomic mass is 35.5. The van der Waals surface area contributed by atoms with Gasteiger partial charge in [0, 0.05) is 10.7 Å². The second kappa shape index (κ2) is 6.21. The van der Waals surface area contributed by atoms with Gasteiger partial charge in [0.15, 0.2) is 0 Å². The molecule has 0 aliphatic heterocycles. The number of hydrogen-bond donors (Lipinski definition) is 2. The fourth-order valence-corrected chi connectivity index (χ4v) is 1.78. The molecule has 0 saturated heterocycles. The topological polar surface area (TPSA) is 67.5 Å². The molecule has 5 heteroatoms. The van der Waals surface area contributed by atoms with E-state index in [0.29, 0.717) is 22.0 Å². The van der Waals surface area contributed by atoms with E-state index in [-0.39, 0.29) is 5.91 Å². The van der Waals surface area contributed by atoms with Gasteiger partial charge in [-0.25, -0.2) is 5.43 Å². The molecular weight excluding hydrogens is 274 g/mol. The van der Waals surface area contributed by atoms with E-state index in [2.05, 4.69) is 10.5 Å². The van der Waals surface area contributed by atoms with Crippen LogP contribution in [0, 0.1) is 0 Å². The summed E-state index contributed by atoms with van der Waals surface area (Å²) in [5.74, 6) is -0.337. The number of hydrazone groups is 1. The Balaban J connectivity index is 2.11. The van der Waals surface area contributed by atoms with Gasteiger partial charge < -0.3 is 5.73 Å². The van der Waals surface area contributed by atoms with E-state index >= 15 is 0 Å². The number of nitrogen functional groups attached to an aromatic ring is 1. The summed E-state index contributed by atoms with van der Waals surface area (Å²) in [4.78, 5) is 11.9. The number of para-hydroxylation sites is 1. The molecule has 0 bridgehead atoms. The Morgan fingerprint density at radius 3 is 2.45 bits per heavy atom. The second-order valence-electron chi connectivity index (χ2n) is 4.23. The van der Waals surface area contributed by atoms with E-state index in [1.807, 2.05) is 12.1 Å². The molecule has 1 amide bonds. The lowest BCUT2D eigenvalue weighted by molar-refractivity contribution is 0.0955. The maximum atomic E-state index is 11.9. The second-order valence-corrected chi connectivity index (χ2v) is 4.67. The summed E-state index contributed by atoms with van der Waals surface area (Å²) in [6.45, 7) is 1.80. The van der Waals surface area contributed by atoms with Crippen LogP contribution in [0.1, 0.15) is 22.8 Å². The summed E-state index contributed by atoms with van der Waals surface area (Å²) in [5, 5.41) is 4.72. The first-order valence-electron chi connectivity index (χ1n) is 6.03. The largest absolute Gasteiger partial charge is 0.398 e. The number of amides is 1. The highest BCUT2D eigenvalue weighted by Gasteiger charge is 2.07. The smallest absolute Gasteiger partial charge is 0.273 e. The maximum absolute atomic E-state index is 11.9. The minimum absolute atomic E-state index is 0.337. The van der Waals surface area contributed by atoms with Crippen LogP contribution in [0.4, 0.5) is 5.69 Å². The van der Waals surface area contributed by atoms with Crippen molar-refractivity contribution in [3.63, 3.8) is 0 Å². The number of carbonyl (C=O) groups is 1. The molecule has 0 heterocycles. The molecule has 2 aromatic carbocycles. The fourth-order valence-electron chi connectivity index (χ4n) is 1.65. The summed E-state index contributed by atoms with van der Waals surface area (Å²) >= 11 is 5.82. The Morgan fingerprint density at radius 2 is 1.80 bits per heavy atom. The van der Waals surface area contributed by atoms with Gasteiger partial charge >= 0.3 is 0 Å². The van der Waals surface area contributed by atoms with Crippen LogP contribution < -0.4 is 11.2 Å². The number of nitrogens with two attached hydrogens (primary N) is 1. The minimum Gasteiger partial charge on any atom is -0.398 e. The predicted molar refractivity (Wildman–Crippen MR) is 82.0 cm³/mol. The van der Waals surface area contributed by atoms with Gasteiger partial charge in [-0.1, -0.05) is 35.9 Å². The van der Waals surface area contributed by atoms with Gasteiger partial charge in [0.05, 0.1) is 11.3 Å². The zero-order valence-corrected chi connectivity index (χ0v) is 11.7. The summed E-state index contributed by atoms with van der Waals surface area (Å²) < 4.78 is 0. The average Bonchev–Trinajstić information content (AvgIpc) is 2.45. The van der Waals surface area contributed by atoms with Crippen LogP contribution in [0.3, 0.4) is 0 Å². The molecule has 2 rings (SSSR count). The number of nitrogens with one attached hydrogen (secondary N) is 1. The zero-order valence-electron chi connectivity index (χ0n) is 10.9. The molecule has 20 heavy (non-hydrogen) atoms. The normalized spacial score (nSPS) is 11.2. The van der Waals surface area contributed by atoms with Crippen molar-refractivity contribution in [2.75, 3.05) is 5.73 Å². The first kappa shape index (κ1) is 14.1. The number of halogens is 1. The molecule has 3 N–H and O–H groups in total. The molecule has 0 saturated carbocycles. The number of carbonyl (C=O) groups excluding carboxylic acids is 1. The Hall–Kier alpha value is -2.33. The Labute approximate surface area is 122 Å². The molecular formula is C15H14ClN3O. The summed E-state index contributed by atoms with van der Waals surface area (Å²) in [6, 6.07) is 14.1. The molecule has 0 aromatic heterocycles. The third-order valence-corrected chi connectivity index (χ3v) is 3.04. The van der Waals surface area contributed by atoms with Crippen molar-refractivity contribution in [2.24, 2.45) is 5.10 Å². The molecule has 0 unspecified atom stereocenters. The molecule has 0 fully saturated rings. The van der Waals surface area contributed by atoms with Gasteiger partial charge in [-0.2, -0.15) is 5.10 Å². The lowest BCUT2D eigenvalue weighted by Crippen LogP contribution is -2.20. The van der Waals surface area contributed by atoms with Crippen molar-refractivity contribution < 1.29 is 4.79 Å². The van der Waals surface area contributed by atoms with E-state index in [4.69, 9.17) is 17.3 Å². The number of anilines is 1. The third-order valence-electron chi connectivity index (χ3n) is 2.79. The monoisotopic (exact) mass is 287 g/mol. The molecule has 0 spiro atoms. The first-order chi connectivity index (χ1) is 9.58. The van der Waals surface area contributed by atoms with Crippen molar-refractivity contribution in [3.8, 4) is 0 Å². The molecule has 0 atom stereocenters. The van der Waals surface area contributed by atoms with Gasteiger partial charge in [-0.15, -0.1) is 0 Å². The molecule has 0 aliphatic rings. The third kappa shape index (κ3) is 3.36. The van der Waals surface area contributed by atoms with E-state index in [1.54, 1.807) is 43.3 Å². The van der Waals surface area contributed by atoms with E-state index in [1.165, 1.54) is 0 Å². The SMILES string of the molecule is C/C(=N\NC(=O)c1ccccc1N)c1ccc(Cl)cc1. The minimum atomic E-state index is -0.337. The van der Waals surface area contributed by atoms with Gasteiger partial charge in [0.1, 0.15) is 0 Å². The highest BCUT2D eigenvalue weighted by molar-refractivity contribution is 6.30. The number of rotatable bonds is 3. The lowest BCUT2D eigenvalue weighted by Gasteiger charge is -2.05. The van der Waals surface area contributed by atoms with Crippen LogP contribution in [0.25, 0.3) is 0 Å². The predicted octanol–water partition coefficient (Wildman–Crippen LogP) is 3.08. The lowest BCUT2D eigenvalue weighted by atomic mass is 10.1. The van der Waals surface area contributed by atoms with Crippen molar-refractivity contribution in [3.05, 3.63) is 64.7 Å². The maximum Gasteiger partial charge on any atom is 0.273 e. The fraction of sp³-hybridized carbons (Fsp3) is 0.0667. The molecule has 102 valence electrons. The van der Waals surface area contributed by atoms with Crippen LogP contribution in [-0.4, -0.2) is 11.6 Å². The number of nitrogens with zero attached hydrogens (tertiary/aromatic N) is 1. The Kier molecular flexibility index (Phi) is 4.38. The molecule has 0 aliphatic carbocycles. The summed E-state index contributed by atoms with van der Waals surface area (Å²) in [7, 11) is 0. The molecule has 0 radical (unpaired) electrons. The van der Waals surface area contributed by atoms with Crippen molar-refractivity contribution in [1.29, 1.82) is 0 Å². The van der Waals surface area contributed by atoms with E-state index in [0.717, 1.165) is 5.56 Å². The Morgan fingerprint density at radius 1 is 1.15 bits per heavy atom. The van der Waals surface area contributed by atoms with E-state index < -0.39 is 0 Å². The quantitative estimate of drug-likeness (QED) is 0.517. The van der Waals surface area contributed by atoms with Crippen LogP contribution in [0.15, 0.2) is 53.6 Å². The molecule has 4 nitrogen and oxygen atoms in total. The number of benzene rings is 2. The Bertz CT molecular complexity index is 650. The van der Waals surface area contributed by atoms with E-state index in [9.17, 15) is 4.79 Å². The van der Waals surface area contributed by atoms with Crippen LogP contribution in [0.5, 0.6) is 0 Å². The van der Waals surface area contributed by atoms with Gasteiger partial charge in [0.2, 0.25) is 0 Å². The standard InChI is InChI=1S/C15H14ClN3O/c1-10(11-6-8-12(16)9-7-11)18-19-15(20)13-4-2-3-5-14(13)17/h2-9H,17H2,1H3,(H,19,20)/b18-10+. The van der Waals surface area contributed by atoms with Crippen molar-refractivity contribution in [2.45, 2.75) is 6.92 Å². The summed E-state index contributed by atoms with van der Waals surface area (Å²) in [5.41, 5.74) is 10.6. The van der Waals surface area contributed by atoms with Crippen molar-refractivity contribution in [1.82, 2.24) is 5.43 Å². The summed E-state index contributed by atoms with van der Waals surface area (Å²) in [6.07, 6.45) is 0. The zero-order chi connectivity index (χ0) is 14.5. The average molecular weight is 288 g/mol. The highest BCUT2D eigenvalue weighted by Crippen LogP contribution is 2.11. The van der Waals surface area contributed by atoms with Crippen molar-refractivity contribution >= 4 is 28.9 Å². The van der Waals surface area contributed by atoms with Crippen LogP contribution in [-0.2, 0) is 0 Å². The van der Waals surface area contributed by atoms with Crippen LogP contribution >= 0.6 is 11.6 Å².